The van der Waals surface area contributed by atoms with Gasteiger partial charge in [0.1, 0.15) is 29.5 Å². The van der Waals surface area contributed by atoms with Gasteiger partial charge in [0.05, 0.1) is 17.7 Å². The summed E-state index contributed by atoms with van der Waals surface area (Å²) < 4.78 is 47.1. The molecule has 11 heteroatoms. The number of carbonyl (C=O) groups excluding carboxylic acids is 1. The van der Waals surface area contributed by atoms with Crippen molar-refractivity contribution in [2.24, 2.45) is 11.7 Å². The van der Waals surface area contributed by atoms with Gasteiger partial charge in [-0.3, -0.25) is 4.79 Å². The number of aryl methyl sites for hydroxylation is 1. The zero-order chi connectivity index (χ0) is 24.7. The van der Waals surface area contributed by atoms with Crippen molar-refractivity contribution in [2.75, 3.05) is 6.61 Å². The van der Waals surface area contributed by atoms with Crippen molar-refractivity contribution in [3.05, 3.63) is 41.3 Å². The first-order chi connectivity index (χ1) is 16.8. The number of fused-ring (bicyclic) bond motifs is 1. The molecule has 2 heterocycles. The van der Waals surface area contributed by atoms with Gasteiger partial charge in [0.25, 0.3) is 12.3 Å². The molecule has 0 saturated heterocycles. The largest absolute Gasteiger partial charge is 0.493 e. The van der Waals surface area contributed by atoms with E-state index in [4.69, 9.17) is 10.5 Å². The molecule has 0 bridgehead atoms. The summed E-state index contributed by atoms with van der Waals surface area (Å²) >= 11 is 0. The summed E-state index contributed by atoms with van der Waals surface area (Å²) in [6.07, 6.45) is 0.919. The van der Waals surface area contributed by atoms with Crippen LogP contribution in [0, 0.1) is 12.8 Å². The number of nitrogens with one attached hydrogen (secondary N) is 2. The van der Waals surface area contributed by atoms with Gasteiger partial charge >= 0.3 is 0 Å². The number of halogens is 4. The van der Waals surface area contributed by atoms with Crippen molar-refractivity contribution >= 4 is 29.3 Å². The average molecular weight is 524 g/mol. The Hall–Kier alpha value is -2.85. The fraction of sp³-hybridized carbons (Fsp3) is 0.480. The Labute approximate surface area is 212 Å². The minimum Gasteiger partial charge on any atom is -0.493 e. The summed E-state index contributed by atoms with van der Waals surface area (Å²) in [7, 11) is 0. The lowest BCUT2D eigenvalue weighted by Gasteiger charge is -2.29. The molecule has 0 aliphatic heterocycles. The van der Waals surface area contributed by atoms with E-state index in [1.54, 1.807) is 6.92 Å². The van der Waals surface area contributed by atoms with E-state index in [1.165, 1.54) is 24.5 Å². The van der Waals surface area contributed by atoms with Gasteiger partial charge in [-0.1, -0.05) is 0 Å². The molecular weight excluding hydrogens is 495 g/mol. The maximum atomic E-state index is 14.1. The maximum absolute atomic E-state index is 14.1. The van der Waals surface area contributed by atoms with Crippen molar-refractivity contribution in [3.63, 3.8) is 0 Å². The van der Waals surface area contributed by atoms with Crippen LogP contribution in [-0.4, -0.2) is 45.7 Å². The van der Waals surface area contributed by atoms with Crippen LogP contribution in [0.1, 0.15) is 60.1 Å². The molecule has 1 aromatic carbocycles. The molecule has 194 valence electrons. The standard InChI is InChI=1S/C25H28F3N5O2.ClH/c1-12-20(25(34)33-15-5-6-18(29)17(26)9-15)22-23(32-12)21(30-11-31-22)16-8-14(24(27)28)4-7-19(16)35-10-13-2-3-13;/h4,7-8,11,13,15,17-18,24,32H,2-3,5-6,9-10,29H2,1H3,(H,33,34);1H/t15-,17+,18-;/m0./s1. The fourth-order valence-electron chi connectivity index (χ4n) is 4.62. The maximum Gasteiger partial charge on any atom is 0.263 e. The van der Waals surface area contributed by atoms with E-state index in [1.807, 2.05) is 0 Å². The number of rotatable bonds is 7. The predicted molar refractivity (Wildman–Crippen MR) is 132 cm³/mol. The molecule has 5 rings (SSSR count). The molecule has 2 aliphatic carbocycles. The number of nitrogens with zero attached hydrogens (tertiary/aromatic N) is 2. The number of hydrogen-bond acceptors (Lipinski definition) is 5. The van der Waals surface area contributed by atoms with Crippen molar-refractivity contribution in [3.8, 4) is 17.0 Å². The highest BCUT2D eigenvalue weighted by Crippen LogP contribution is 2.38. The van der Waals surface area contributed by atoms with Crippen LogP contribution < -0.4 is 15.8 Å². The molecule has 3 aromatic rings. The third-order valence-corrected chi connectivity index (χ3v) is 6.84. The van der Waals surface area contributed by atoms with Crippen LogP contribution >= 0.6 is 12.4 Å². The normalized spacial score (nSPS) is 21.9. The van der Waals surface area contributed by atoms with Crippen LogP contribution in [0.4, 0.5) is 13.2 Å². The number of nitrogens with two attached hydrogens (primary N) is 1. The lowest BCUT2D eigenvalue weighted by molar-refractivity contribution is 0.0906. The second-order valence-corrected chi connectivity index (χ2v) is 9.54. The van der Waals surface area contributed by atoms with Gasteiger partial charge in [0, 0.05) is 35.3 Å². The third kappa shape index (κ3) is 5.29. The van der Waals surface area contributed by atoms with Crippen molar-refractivity contribution < 1.29 is 22.7 Å². The quantitative estimate of drug-likeness (QED) is 0.403. The molecule has 2 aliphatic rings. The monoisotopic (exact) mass is 523 g/mol. The molecule has 2 saturated carbocycles. The summed E-state index contributed by atoms with van der Waals surface area (Å²) in [5.74, 6) is 0.550. The first kappa shape index (κ1) is 26.2. The second kappa shape index (κ2) is 10.6. The zero-order valence-electron chi connectivity index (χ0n) is 19.8. The van der Waals surface area contributed by atoms with Gasteiger partial charge in [0.15, 0.2) is 0 Å². The Morgan fingerprint density at radius 1 is 1.25 bits per heavy atom. The Bertz CT molecular complexity index is 1250. The van der Waals surface area contributed by atoms with E-state index < -0.39 is 18.6 Å². The van der Waals surface area contributed by atoms with E-state index in [9.17, 15) is 18.0 Å². The van der Waals surface area contributed by atoms with Crippen molar-refractivity contribution in [2.45, 2.75) is 63.7 Å². The minimum absolute atomic E-state index is 0. The number of alkyl halides is 3. The van der Waals surface area contributed by atoms with Crippen LogP contribution in [0.2, 0.25) is 0 Å². The molecule has 3 atom stereocenters. The van der Waals surface area contributed by atoms with Crippen LogP contribution in [-0.2, 0) is 0 Å². The van der Waals surface area contributed by atoms with E-state index in [0.717, 1.165) is 12.8 Å². The van der Waals surface area contributed by atoms with Crippen molar-refractivity contribution in [1.82, 2.24) is 20.3 Å². The lowest BCUT2D eigenvalue weighted by atomic mass is 9.90. The Morgan fingerprint density at radius 2 is 2.03 bits per heavy atom. The highest BCUT2D eigenvalue weighted by molar-refractivity contribution is 6.09. The van der Waals surface area contributed by atoms with Gasteiger partial charge in [0.2, 0.25) is 0 Å². The number of hydrogen-bond donors (Lipinski definition) is 3. The number of ether oxygens (including phenoxy) is 1. The van der Waals surface area contributed by atoms with Crippen molar-refractivity contribution in [1.29, 1.82) is 0 Å². The van der Waals surface area contributed by atoms with E-state index in [2.05, 4.69) is 20.3 Å². The number of carbonyl (C=O) groups is 1. The summed E-state index contributed by atoms with van der Waals surface area (Å²) in [5.41, 5.74) is 8.07. The Kier molecular flexibility index (Phi) is 7.75. The van der Waals surface area contributed by atoms with Gasteiger partial charge in [-0.25, -0.2) is 23.1 Å². The lowest BCUT2D eigenvalue weighted by Crippen LogP contribution is -2.46. The predicted octanol–water partition coefficient (Wildman–Crippen LogP) is 5.03. The van der Waals surface area contributed by atoms with Crippen LogP contribution in [0.15, 0.2) is 24.5 Å². The number of benzene rings is 1. The van der Waals surface area contributed by atoms with E-state index in [0.29, 0.717) is 64.7 Å². The average Bonchev–Trinajstić information content (AvgIpc) is 3.59. The van der Waals surface area contributed by atoms with Gasteiger partial charge in [-0.05, 0) is 56.7 Å². The first-order valence-electron chi connectivity index (χ1n) is 11.9. The zero-order valence-corrected chi connectivity index (χ0v) is 20.6. The molecule has 0 radical (unpaired) electrons. The minimum atomic E-state index is -2.65. The highest BCUT2D eigenvalue weighted by Gasteiger charge is 2.31. The van der Waals surface area contributed by atoms with E-state index in [-0.39, 0.29) is 36.3 Å². The SMILES string of the molecule is Cc1[nH]c2c(-c3cc(C(F)F)ccc3OCC3CC3)ncnc2c1C(=O)N[C@H]1CC[C@H](N)[C@H](F)C1.Cl. The number of aromatic nitrogens is 3. The van der Waals surface area contributed by atoms with E-state index >= 15 is 0 Å². The fourth-order valence-corrected chi connectivity index (χ4v) is 4.62. The van der Waals surface area contributed by atoms with Crippen LogP contribution in [0.25, 0.3) is 22.3 Å². The number of H-pyrrole nitrogens is 1. The Morgan fingerprint density at radius 3 is 2.72 bits per heavy atom. The van der Waals surface area contributed by atoms with Gasteiger partial charge in [-0.2, -0.15) is 0 Å². The number of aromatic amines is 1. The highest BCUT2D eigenvalue weighted by atomic mass is 35.5. The smallest absolute Gasteiger partial charge is 0.263 e. The topological polar surface area (TPSA) is 106 Å². The molecular formula is C25H29ClF3N5O2. The molecule has 0 spiro atoms. The first-order valence-corrected chi connectivity index (χ1v) is 11.9. The number of amides is 1. The van der Waals surface area contributed by atoms with Crippen LogP contribution in [0.5, 0.6) is 5.75 Å². The molecule has 2 fully saturated rings. The molecule has 4 N–H and O–H groups in total. The van der Waals surface area contributed by atoms with Gasteiger partial charge < -0.3 is 20.8 Å². The molecule has 1 amide bonds. The Balaban J connectivity index is 0.00000304. The second-order valence-electron chi connectivity index (χ2n) is 9.54. The summed E-state index contributed by atoms with van der Waals surface area (Å²) in [4.78, 5) is 25.0. The molecule has 2 aromatic heterocycles. The summed E-state index contributed by atoms with van der Waals surface area (Å²) in [6.45, 7) is 2.24. The summed E-state index contributed by atoms with van der Waals surface area (Å²) in [5, 5.41) is 2.90. The molecule has 0 unspecified atom stereocenters. The molecule has 7 nitrogen and oxygen atoms in total. The molecule has 36 heavy (non-hydrogen) atoms. The van der Waals surface area contributed by atoms with Crippen LogP contribution in [0.3, 0.4) is 0 Å². The van der Waals surface area contributed by atoms with Gasteiger partial charge in [-0.15, -0.1) is 12.4 Å². The summed E-state index contributed by atoms with van der Waals surface area (Å²) in [6, 6.07) is 3.43. The third-order valence-electron chi connectivity index (χ3n) is 6.84.